The van der Waals surface area contributed by atoms with Gasteiger partial charge in [0.25, 0.3) is 0 Å². The van der Waals surface area contributed by atoms with Crippen LogP contribution < -0.4 is 0 Å². The minimum absolute atomic E-state index is 0.0278. The first-order valence-corrected chi connectivity index (χ1v) is 5.06. The molecule has 0 unspecified atom stereocenters. The molecule has 0 aromatic heterocycles. The molecule has 14 heavy (non-hydrogen) atoms. The highest BCUT2D eigenvalue weighted by Crippen LogP contribution is 1.90. The Bertz CT molecular complexity index is 82.2. The van der Waals surface area contributed by atoms with Crippen LogP contribution in [0.5, 0.6) is 0 Å². The van der Waals surface area contributed by atoms with Gasteiger partial charge in [-0.25, -0.2) is 0 Å². The summed E-state index contributed by atoms with van der Waals surface area (Å²) in [7, 11) is 0. The van der Waals surface area contributed by atoms with Crippen molar-refractivity contribution in [3.8, 4) is 0 Å². The molecule has 0 rings (SSSR count). The zero-order valence-electron chi connectivity index (χ0n) is 9.53. The van der Waals surface area contributed by atoms with Gasteiger partial charge in [0, 0.05) is 13.2 Å². The summed E-state index contributed by atoms with van der Waals surface area (Å²) < 4.78 is 9.73. The standard InChI is InChI=1S/C6H14O.C4H10O3/c1-4-7-5-6(2)3;5-1-3-7-4-2-6/h6H,4-5H2,1-3H3;5-6H,1-4H2. The van der Waals surface area contributed by atoms with Crippen molar-refractivity contribution >= 4 is 0 Å². The van der Waals surface area contributed by atoms with Crippen LogP contribution in [0.3, 0.4) is 0 Å². The Morgan fingerprint density at radius 3 is 1.71 bits per heavy atom. The highest BCUT2D eigenvalue weighted by molar-refractivity contribution is 4.36. The number of hydrogen-bond acceptors (Lipinski definition) is 4. The lowest BCUT2D eigenvalue weighted by atomic mass is 10.2. The second-order valence-corrected chi connectivity index (χ2v) is 3.11. The fourth-order valence-corrected chi connectivity index (χ4v) is 0.585. The lowest BCUT2D eigenvalue weighted by molar-refractivity contribution is 0.0650. The normalized spacial score (nSPS) is 9.86. The van der Waals surface area contributed by atoms with Gasteiger partial charge in [-0.3, -0.25) is 0 Å². The van der Waals surface area contributed by atoms with Crippen LogP contribution in [-0.4, -0.2) is 49.9 Å². The molecule has 0 bridgehead atoms. The van der Waals surface area contributed by atoms with Gasteiger partial charge in [0.15, 0.2) is 0 Å². The molecule has 0 spiro atoms. The van der Waals surface area contributed by atoms with Crippen molar-refractivity contribution in [2.45, 2.75) is 20.8 Å². The summed E-state index contributed by atoms with van der Waals surface area (Å²) >= 11 is 0. The summed E-state index contributed by atoms with van der Waals surface area (Å²) in [6, 6.07) is 0. The van der Waals surface area contributed by atoms with E-state index < -0.39 is 0 Å². The van der Waals surface area contributed by atoms with Gasteiger partial charge in [-0.2, -0.15) is 0 Å². The van der Waals surface area contributed by atoms with E-state index in [0.29, 0.717) is 19.1 Å². The lowest BCUT2D eigenvalue weighted by Gasteiger charge is -2.01. The predicted molar refractivity (Wildman–Crippen MR) is 56.3 cm³/mol. The smallest absolute Gasteiger partial charge is 0.0698 e. The molecule has 0 aliphatic heterocycles. The van der Waals surface area contributed by atoms with E-state index in [1.54, 1.807) is 0 Å². The van der Waals surface area contributed by atoms with Gasteiger partial charge >= 0.3 is 0 Å². The number of aliphatic hydroxyl groups excluding tert-OH is 2. The molecule has 0 radical (unpaired) electrons. The van der Waals surface area contributed by atoms with E-state index in [1.807, 2.05) is 6.92 Å². The molecule has 0 saturated carbocycles. The van der Waals surface area contributed by atoms with E-state index in [9.17, 15) is 0 Å². The topological polar surface area (TPSA) is 58.9 Å². The molecule has 0 aliphatic rings. The molecular formula is C10H24O4. The van der Waals surface area contributed by atoms with E-state index in [-0.39, 0.29) is 13.2 Å². The van der Waals surface area contributed by atoms with E-state index >= 15 is 0 Å². The largest absolute Gasteiger partial charge is 0.394 e. The third-order valence-electron chi connectivity index (χ3n) is 1.13. The second-order valence-electron chi connectivity index (χ2n) is 3.11. The summed E-state index contributed by atoms with van der Waals surface area (Å²) in [4.78, 5) is 0. The van der Waals surface area contributed by atoms with Crippen LogP contribution in [0.1, 0.15) is 20.8 Å². The van der Waals surface area contributed by atoms with Gasteiger partial charge < -0.3 is 19.7 Å². The predicted octanol–water partition coefficient (Wildman–Crippen LogP) is 0.667. The highest BCUT2D eigenvalue weighted by Gasteiger charge is 1.88. The zero-order chi connectivity index (χ0) is 11.2. The average molecular weight is 208 g/mol. The van der Waals surface area contributed by atoms with E-state index in [0.717, 1.165) is 13.2 Å². The van der Waals surface area contributed by atoms with Crippen molar-refractivity contribution in [3.63, 3.8) is 0 Å². The van der Waals surface area contributed by atoms with Crippen molar-refractivity contribution in [1.82, 2.24) is 0 Å². The SMILES string of the molecule is CCOCC(C)C.OCCOCCO. The molecule has 2 N–H and O–H groups in total. The number of hydrogen-bond donors (Lipinski definition) is 2. The number of rotatable bonds is 7. The molecule has 0 heterocycles. The maximum Gasteiger partial charge on any atom is 0.0698 e. The summed E-state index contributed by atoms with van der Waals surface area (Å²) in [6.07, 6.45) is 0. The van der Waals surface area contributed by atoms with Crippen molar-refractivity contribution in [1.29, 1.82) is 0 Å². The molecule has 0 aromatic carbocycles. The van der Waals surface area contributed by atoms with Gasteiger partial charge in [0.2, 0.25) is 0 Å². The third kappa shape index (κ3) is 22.6. The molecular weight excluding hydrogens is 184 g/mol. The summed E-state index contributed by atoms with van der Waals surface area (Å²) in [5, 5.41) is 16.2. The van der Waals surface area contributed by atoms with Crippen LogP contribution in [0.15, 0.2) is 0 Å². The summed E-state index contributed by atoms with van der Waals surface area (Å²) in [5.74, 6) is 0.681. The average Bonchev–Trinajstić information content (AvgIpc) is 2.16. The molecule has 4 heteroatoms. The molecule has 4 nitrogen and oxygen atoms in total. The van der Waals surface area contributed by atoms with Crippen molar-refractivity contribution in [3.05, 3.63) is 0 Å². The van der Waals surface area contributed by atoms with Crippen LogP contribution in [0.4, 0.5) is 0 Å². The zero-order valence-corrected chi connectivity index (χ0v) is 9.53. The van der Waals surface area contributed by atoms with Crippen molar-refractivity contribution < 1.29 is 19.7 Å². The van der Waals surface area contributed by atoms with Gasteiger partial charge in [0.05, 0.1) is 26.4 Å². The Morgan fingerprint density at radius 2 is 1.50 bits per heavy atom. The van der Waals surface area contributed by atoms with Crippen molar-refractivity contribution in [2.24, 2.45) is 5.92 Å². The van der Waals surface area contributed by atoms with Crippen LogP contribution in [0.2, 0.25) is 0 Å². The first-order valence-electron chi connectivity index (χ1n) is 5.06. The van der Waals surface area contributed by atoms with Crippen molar-refractivity contribution in [2.75, 3.05) is 39.6 Å². The van der Waals surface area contributed by atoms with Gasteiger partial charge in [-0.05, 0) is 12.8 Å². The summed E-state index contributed by atoms with van der Waals surface area (Å²) in [5.41, 5.74) is 0. The minimum atomic E-state index is 0.0278. The molecule has 0 aliphatic carbocycles. The molecule has 0 fully saturated rings. The van der Waals surface area contributed by atoms with E-state index in [4.69, 9.17) is 14.9 Å². The first kappa shape index (κ1) is 16.3. The second kappa shape index (κ2) is 15.3. The van der Waals surface area contributed by atoms with E-state index in [1.165, 1.54) is 0 Å². The first-order chi connectivity index (χ1) is 6.68. The van der Waals surface area contributed by atoms with Crippen LogP contribution in [0.25, 0.3) is 0 Å². The van der Waals surface area contributed by atoms with Gasteiger partial charge in [-0.15, -0.1) is 0 Å². The lowest BCUT2D eigenvalue weighted by Crippen LogP contribution is -2.03. The van der Waals surface area contributed by atoms with Gasteiger partial charge in [0.1, 0.15) is 0 Å². The summed E-state index contributed by atoms with van der Waals surface area (Å²) in [6.45, 7) is 8.75. The Morgan fingerprint density at radius 1 is 1.00 bits per heavy atom. The Labute approximate surface area is 86.8 Å². The quantitative estimate of drug-likeness (QED) is 0.604. The van der Waals surface area contributed by atoms with E-state index in [2.05, 4.69) is 18.6 Å². The molecule has 0 saturated heterocycles. The fraction of sp³-hybridized carbons (Fsp3) is 1.00. The minimum Gasteiger partial charge on any atom is -0.394 e. The molecule has 0 amide bonds. The number of ether oxygens (including phenoxy) is 2. The molecule has 88 valence electrons. The Kier molecular flexibility index (Phi) is 17.8. The molecule has 0 atom stereocenters. The maximum absolute atomic E-state index is 8.09. The molecule has 0 aromatic rings. The number of aliphatic hydroxyl groups is 2. The highest BCUT2D eigenvalue weighted by atomic mass is 16.5. The Hall–Kier alpha value is -0.160. The fourth-order valence-electron chi connectivity index (χ4n) is 0.585. The van der Waals surface area contributed by atoms with Gasteiger partial charge in [-0.1, -0.05) is 13.8 Å². The van der Waals surface area contributed by atoms with Crippen LogP contribution >= 0.6 is 0 Å². The Balaban J connectivity index is 0. The maximum atomic E-state index is 8.09. The third-order valence-corrected chi connectivity index (χ3v) is 1.13. The van der Waals surface area contributed by atoms with Crippen LogP contribution in [0, 0.1) is 5.92 Å². The van der Waals surface area contributed by atoms with Crippen LogP contribution in [-0.2, 0) is 9.47 Å². The monoisotopic (exact) mass is 208 g/mol.